The minimum atomic E-state index is -3.72. The molecule has 0 aliphatic heterocycles. The Balaban J connectivity index is 2.09. The fraction of sp³-hybridized carbons (Fsp3) is 0.333. The monoisotopic (exact) mass is 396 g/mol. The third kappa shape index (κ3) is 5.19. The summed E-state index contributed by atoms with van der Waals surface area (Å²) >= 11 is 5.79. The molecule has 0 atom stereocenters. The molecule has 0 unspecified atom stereocenters. The van der Waals surface area contributed by atoms with Gasteiger partial charge in [0.25, 0.3) is 10.0 Å². The van der Waals surface area contributed by atoms with Gasteiger partial charge in [0, 0.05) is 29.4 Å². The van der Waals surface area contributed by atoms with Crippen molar-refractivity contribution in [2.75, 3.05) is 0 Å². The second-order valence-corrected chi connectivity index (χ2v) is 8.07. The molecule has 0 saturated heterocycles. The van der Waals surface area contributed by atoms with Crippen LogP contribution in [0.25, 0.3) is 0 Å². The molecule has 6 nitrogen and oxygen atoms in total. The number of unbranched alkanes of at least 4 members (excludes halogenated alkanes) is 2. The molecule has 1 aromatic carbocycles. The Morgan fingerprint density at radius 2 is 1.88 bits per heavy atom. The predicted octanol–water partition coefficient (Wildman–Crippen LogP) is 4.23. The standard InChI is InChI=1S/C18H21ClN2O4S/c1-3-4-5-6-18(22)25-20-14(2)15-11-12-21(13-15)26(23,24)17-9-7-16(19)8-10-17/h7-13H,3-6H2,1-2H3. The van der Waals surface area contributed by atoms with Gasteiger partial charge in [-0.3, -0.25) is 0 Å². The lowest BCUT2D eigenvalue weighted by atomic mass is 10.2. The molecule has 0 amide bonds. The molecular formula is C18H21ClN2O4S. The minimum Gasteiger partial charge on any atom is -0.318 e. The van der Waals surface area contributed by atoms with Crippen LogP contribution in [0.4, 0.5) is 0 Å². The van der Waals surface area contributed by atoms with E-state index in [2.05, 4.69) is 12.1 Å². The van der Waals surface area contributed by atoms with Gasteiger partial charge in [0.2, 0.25) is 0 Å². The molecule has 2 rings (SSSR count). The van der Waals surface area contributed by atoms with Crippen LogP contribution >= 0.6 is 11.6 Å². The number of rotatable bonds is 8. The minimum absolute atomic E-state index is 0.126. The maximum atomic E-state index is 12.6. The molecule has 140 valence electrons. The fourth-order valence-electron chi connectivity index (χ4n) is 2.21. The van der Waals surface area contributed by atoms with Crippen molar-refractivity contribution in [3.8, 4) is 0 Å². The van der Waals surface area contributed by atoms with E-state index in [1.165, 1.54) is 36.7 Å². The Morgan fingerprint density at radius 1 is 1.19 bits per heavy atom. The first-order valence-electron chi connectivity index (χ1n) is 8.28. The van der Waals surface area contributed by atoms with E-state index in [4.69, 9.17) is 16.4 Å². The second kappa shape index (κ2) is 9.00. The first-order chi connectivity index (χ1) is 12.3. The number of aromatic nitrogens is 1. The van der Waals surface area contributed by atoms with Crippen LogP contribution in [0.1, 0.15) is 45.1 Å². The lowest BCUT2D eigenvalue weighted by molar-refractivity contribution is -0.143. The smallest absolute Gasteiger partial charge is 0.318 e. The number of halogens is 1. The topological polar surface area (TPSA) is 77.7 Å². The zero-order valence-corrected chi connectivity index (χ0v) is 16.3. The van der Waals surface area contributed by atoms with Crippen LogP contribution in [0.2, 0.25) is 5.02 Å². The molecule has 2 aromatic rings. The van der Waals surface area contributed by atoms with Crippen LogP contribution in [0.15, 0.2) is 52.8 Å². The lowest BCUT2D eigenvalue weighted by Crippen LogP contribution is -2.11. The molecule has 0 aliphatic carbocycles. The van der Waals surface area contributed by atoms with Gasteiger partial charge in [-0.25, -0.2) is 17.2 Å². The van der Waals surface area contributed by atoms with Crippen LogP contribution < -0.4 is 0 Å². The Kier molecular flexibility index (Phi) is 6.99. The second-order valence-electron chi connectivity index (χ2n) is 5.79. The molecular weight excluding hydrogens is 376 g/mol. The summed E-state index contributed by atoms with van der Waals surface area (Å²) in [7, 11) is -3.72. The fourth-order valence-corrected chi connectivity index (χ4v) is 3.53. The number of oxime groups is 1. The Labute approximate surface area is 158 Å². The van der Waals surface area contributed by atoms with E-state index < -0.39 is 16.0 Å². The van der Waals surface area contributed by atoms with Crippen molar-refractivity contribution < 1.29 is 18.0 Å². The average molecular weight is 397 g/mol. The highest BCUT2D eigenvalue weighted by molar-refractivity contribution is 7.90. The van der Waals surface area contributed by atoms with Crippen molar-refractivity contribution in [2.24, 2.45) is 5.16 Å². The van der Waals surface area contributed by atoms with Crippen LogP contribution in [0.3, 0.4) is 0 Å². The molecule has 0 saturated carbocycles. The molecule has 0 radical (unpaired) electrons. The van der Waals surface area contributed by atoms with E-state index in [-0.39, 0.29) is 4.90 Å². The molecule has 0 aliphatic rings. The molecule has 0 spiro atoms. The predicted molar refractivity (Wildman–Crippen MR) is 101 cm³/mol. The molecule has 1 aromatic heterocycles. The van der Waals surface area contributed by atoms with Crippen molar-refractivity contribution in [3.63, 3.8) is 0 Å². The maximum Gasteiger partial charge on any atom is 0.335 e. The summed E-state index contributed by atoms with van der Waals surface area (Å²) in [5, 5.41) is 4.25. The number of carbonyl (C=O) groups is 1. The van der Waals surface area contributed by atoms with Gasteiger partial charge in [-0.1, -0.05) is 36.5 Å². The largest absolute Gasteiger partial charge is 0.335 e. The summed E-state index contributed by atoms with van der Waals surface area (Å²) < 4.78 is 26.3. The van der Waals surface area contributed by atoms with Crippen LogP contribution in [-0.2, 0) is 19.7 Å². The molecule has 0 fully saturated rings. The number of carbonyl (C=O) groups excluding carboxylic acids is 1. The van der Waals surface area contributed by atoms with Gasteiger partial charge in [-0.2, -0.15) is 0 Å². The van der Waals surface area contributed by atoms with Gasteiger partial charge in [-0.05, 0) is 43.7 Å². The summed E-state index contributed by atoms with van der Waals surface area (Å²) in [5.41, 5.74) is 0.961. The lowest BCUT2D eigenvalue weighted by Gasteiger charge is -2.05. The summed E-state index contributed by atoms with van der Waals surface area (Å²) in [6, 6.07) is 7.51. The SMILES string of the molecule is CCCCCC(=O)ON=C(C)c1ccn(S(=O)(=O)c2ccc(Cl)cc2)c1. The molecule has 0 bridgehead atoms. The van der Waals surface area contributed by atoms with E-state index in [1.807, 2.05) is 0 Å². The van der Waals surface area contributed by atoms with E-state index in [1.54, 1.807) is 13.0 Å². The van der Waals surface area contributed by atoms with Crippen molar-refractivity contribution in [2.45, 2.75) is 44.4 Å². The maximum absolute atomic E-state index is 12.6. The summed E-state index contributed by atoms with van der Waals surface area (Å²) in [6.07, 6.45) is 5.90. The zero-order chi connectivity index (χ0) is 19.2. The van der Waals surface area contributed by atoms with Crippen molar-refractivity contribution >= 4 is 33.3 Å². The molecule has 26 heavy (non-hydrogen) atoms. The van der Waals surface area contributed by atoms with E-state index in [9.17, 15) is 13.2 Å². The normalized spacial score (nSPS) is 12.2. The summed E-state index contributed by atoms with van der Waals surface area (Å²) in [5.74, 6) is -0.397. The quantitative estimate of drug-likeness (QED) is 0.289. The van der Waals surface area contributed by atoms with Gasteiger partial charge in [-0.15, -0.1) is 0 Å². The average Bonchev–Trinajstić information content (AvgIpc) is 3.11. The van der Waals surface area contributed by atoms with Gasteiger partial charge in [0.05, 0.1) is 10.6 Å². The Bertz CT molecular complexity index is 886. The van der Waals surface area contributed by atoms with Crippen LogP contribution in [0, 0.1) is 0 Å². The molecule has 8 heteroatoms. The van der Waals surface area contributed by atoms with Crippen molar-refractivity contribution in [1.29, 1.82) is 0 Å². The highest BCUT2D eigenvalue weighted by Gasteiger charge is 2.17. The number of hydrogen-bond acceptors (Lipinski definition) is 5. The van der Waals surface area contributed by atoms with Crippen molar-refractivity contribution in [3.05, 3.63) is 53.3 Å². The van der Waals surface area contributed by atoms with Gasteiger partial charge >= 0.3 is 5.97 Å². The van der Waals surface area contributed by atoms with Gasteiger partial charge < -0.3 is 4.84 Å². The van der Waals surface area contributed by atoms with E-state index >= 15 is 0 Å². The zero-order valence-electron chi connectivity index (χ0n) is 14.7. The first kappa shape index (κ1) is 20.2. The highest BCUT2D eigenvalue weighted by Crippen LogP contribution is 2.18. The third-order valence-electron chi connectivity index (χ3n) is 3.74. The van der Waals surface area contributed by atoms with Gasteiger partial charge in [0.1, 0.15) is 0 Å². The van der Waals surface area contributed by atoms with E-state index in [0.29, 0.717) is 22.7 Å². The van der Waals surface area contributed by atoms with Crippen LogP contribution in [0.5, 0.6) is 0 Å². The Morgan fingerprint density at radius 3 is 2.54 bits per heavy atom. The van der Waals surface area contributed by atoms with Crippen LogP contribution in [-0.4, -0.2) is 24.1 Å². The Hall–Kier alpha value is -2.12. The van der Waals surface area contributed by atoms with E-state index in [0.717, 1.165) is 23.2 Å². The number of nitrogens with zero attached hydrogens (tertiary/aromatic N) is 2. The number of hydrogen-bond donors (Lipinski definition) is 0. The summed E-state index contributed by atoms with van der Waals surface area (Å²) in [4.78, 5) is 16.6. The molecule has 1 heterocycles. The first-order valence-corrected chi connectivity index (χ1v) is 10.1. The highest BCUT2D eigenvalue weighted by atomic mass is 35.5. The third-order valence-corrected chi connectivity index (χ3v) is 5.65. The van der Waals surface area contributed by atoms with Crippen molar-refractivity contribution in [1.82, 2.24) is 3.97 Å². The van der Waals surface area contributed by atoms with Gasteiger partial charge in [0.15, 0.2) is 0 Å². The summed E-state index contributed by atoms with van der Waals surface area (Å²) in [6.45, 7) is 3.70. The number of benzene rings is 1. The molecule has 0 N–H and O–H groups in total.